The molecule has 1 saturated heterocycles. The summed E-state index contributed by atoms with van der Waals surface area (Å²) in [5.41, 5.74) is 0.997. The SMILES string of the molecule is Cc1nc(CC2CCCN(C(=O)NCc3cnn(C)c3)C2)no1. The van der Waals surface area contributed by atoms with Gasteiger partial charge in [0.25, 0.3) is 0 Å². The summed E-state index contributed by atoms with van der Waals surface area (Å²) in [4.78, 5) is 18.4. The Kier molecular flexibility index (Phi) is 4.59. The molecule has 1 fully saturated rings. The second kappa shape index (κ2) is 6.80. The molecule has 0 spiro atoms. The zero-order valence-corrected chi connectivity index (χ0v) is 13.5. The van der Waals surface area contributed by atoms with Gasteiger partial charge in [0.15, 0.2) is 5.82 Å². The van der Waals surface area contributed by atoms with Crippen molar-refractivity contribution < 1.29 is 9.32 Å². The van der Waals surface area contributed by atoms with Gasteiger partial charge < -0.3 is 14.7 Å². The van der Waals surface area contributed by atoms with Crippen LogP contribution in [0.5, 0.6) is 0 Å². The lowest BCUT2D eigenvalue weighted by molar-refractivity contribution is 0.164. The number of amides is 2. The fraction of sp³-hybridized carbons (Fsp3) is 0.600. The summed E-state index contributed by atoms with van der Waals surface area (Å²) < 4.78 is 6.74. The van der Waals surface area contributed by atoms with Crippen LogP contribution in [0.1, 0.15) is 30.1 Å². The Morgan fingerprint density at radius 2 is 2.39 bits per heavy atom. The second-order valence-corrected chi connectivity index (χ2v) is 6.07. The van der Waals surface area contributed by atoms with Crippen molar-refractivity contribution in [2.24, 2.45) is 13.0 Å². The van der Waals surface area contributed by atoms with Crippen LogP contribution >= 0.6 is 0 Å². The van der Waals surface area contributed by atoms with E-state index in [-0.39, 0.29) is 6.03 Å². The molecule has 0 saturated carbocycles. The van der Waals surface area contributed by atoms with Crippen molar-refractivity contribution in [3.63, 3.8) is 0 Å². The number of carbonyl (C=O) groups is 1. The number of nitrogens with one attached hydrogen (secondary N) is 1. The lowest BCUT2D eigenvalue weighted by Crippen LogP contribution is -2.45. The van der Waals surface area contributed by atoms with Crippen molar-refractivity contribution in [2.45, 2.75) is 32.7 Å². The Morgan fingerprint density at radius 1 is 1.52 bits per heavy atom. The molecule has 0 aromatic carbocycles. The lowest BCUT2D eigenvalue weighted by Gasteiger charge is -2.32. The minimum absolute atomic E-state index is 0.0251. The Bertz CT molecular complexity index is 664. The highest BCUT2D eigenvalue weighted by Crippen LogP contribution is 2.20. The van der Waals surface area contributed by atoms with Crippen LogP contribution in [-0.4, -0.2) is 43.9 Å². The fourth-order valence-electron chi connectivity index (χ4n) is 2.95. The smallest absolute Gasteiger partial charge is 0.317 e. The van der Waals surface area contributed by atoms with E-state index in [1.54, 1.807) is 17.8 Å². The first kappa shape index (κ1) is 15.5. The fourth-order valence-corrected chi connectivity index (χ4v) is 2.95. The van der Waals surface area contributed by atoms with Crippen LogP contribution in [-0.2, 0) is 20.0 Å². The van der Waals surface area contributed by atoms with Crippen molar-refractivity contribution in [1.29, 1.82) is 0 Å². The van der Waals surface area contributed by atoms with Gasteiger partial charge >= 0.3 is 6.03 Å². The molecule has 8 nitrogen and oxygen atoms in total. The van der Waals surface area contributed by atoms with Gasteiger partial charge in [-0.3, -0.25) is 4.68 Å². The molecule has 1 atom stereocenters. The van der Waals surface area contributed by atoms with Crippen LogP contribution in [0.3, 0.4) is 0 Å². The number of piperidine rings is 1. The van der Waals surface area contributed by atoms with E-state index in [1.807, 2.05) is 18.1 Å². The third kappa shape index (κ3) is 4.08. The molecule has 2 aromatic rings. The van der Waals surface area contributed by atoms with Gasteiger partial charge in [0.1, 0.15) is 0 Å². The van der Waals surface area contributed by atoms with Crippen LogP contribution in [0.25, 0.3) is 0 Å². The normalized spacial score (nSPS) is 18.2. The highest BCUT2D eigenvalue weighted by molar-refractivity contribution is 5.74. The molecule has 3 heterocycles. The van der Waals surface area contributed by atoms with E-state index in [4.69, 9.17) is 4.52 Å². The quantitative estimate of drug-likeness (QED) is 0.917. The van der Waals surface area contributed by atoms with Crippen molar-refractivity contribution in [2.75, 3.05) is 13.1 Å². The van der Waals surface area contributed by atoms with Crippen molar-refractivity contribution >= 4 is 6.03 Å². The number of carbonyl (C=O) groups excluding carboxylic acids is 1. The zero-order valence-electron chi connectivity index (χ0n) is 13.5. The standard InChI is InChI=1S/C15H22N6O2/c1-11-18-14(19-23-11)6-12-4-3-5-21(10-12)15(22)16-7-13-8-17-20(2)9-13/h8-9,12H,3-7,10H2,1-2H3,(H,16,22). The molecule has 0 bridgehead atoms. The number of hydrogen-bond acceptors (Lipinski definition) is 5. The van der Waals surface area contributed by atoms with Crippen molar-refractivity contribution in [1.82, 2.24) is 30.1 Å². The molecule has 1 aliphatic heterocycles. The maximum Gasteiger partial charge on any atom is 0.317 e. The molecule has 1 aliphatic rings. The first-order valence-electron chi connectivity index (χ1n) is 7.89. The average Bonchev–Trinajstić information content (AvgIpc) is 3.13. The van der Waals surface area contributed by atoms with Crippen molar-refractivity contribution in [3.05, 3.63) is 29.7 Å². The minimum Gasteiger partial charge on any atom is -0.340 e. The molecular formula is C15H22N6O2. The largest absolute Gasteiger partial charge is 0.340 e. The first-order valence-corrected chi connectivity index (χ1v) is 7.89. The van der Waals surface area contributed by atoms with E-state index in [1.165, 1.54) is 0 Å². The maximum atomic E-state index is 12.3. The monoisotopic (exact) mass is 318 g/mol. The highest BCUT2D eigenvalue weighted by atomic mass is 16.5. The van der Waals surface area contributed by atoms with E-state index in [0.29, 0.717) is 18.4 Å². The van der Waals surface area contributed by atoms with E-state index in [9.17, 15) is 4.79 Å². The molecule has 0 radical (unpaired) electrons. The number of aromatic nitrogens is 4. The van der Waals surface area contributed by atoms with Gasteiger partial charge in [-0.25, -0.2) is 4.79 Å². The Hall–Kier alpha value is -2.38. The van der Waals surface area contributed by atoms with Gasteiger partial charge in [0.05, 0.1) is 6.20 Å². The molecular weight excluding hydrogens is 296 g/mol. The van der Waals surface area contributed by atoms with E-state index in [0.717, 1.165) is 43.7 Å². The maximum absolute atomic E-state index is 12.3. The van der Waals surface area contributed by atoms with E-state index < -0.39 is 0 Å². The third-order valence-corrected chi connectivity index (χ3v) is 4.05. The van der Waals surface area contributed by atoms with Gasteiger partial charge in [-0.15, -0.1) is 0 Å². The summed E-state index contributed by atoms with van der Waals surface area (Å²) >= 11 is 0. The van der Waals surface area contributed by atoms with E-state index in [2.05, 4.69) is 20.6 Å². The summed E-state index contributed by atoms with van der Waals surface area (Å²) in [5, 5.41) is 11.0. The molecule has 2 aromatic heterocycles. The third-order valence-electron chi connectivity index (χ3n) is 4.05. The molecule has 3 rings (SSSR count). The number of hydrogen-bond donors (Lipinski definition) is 1. The first-order chi connectivity index (χ1) is 11.1. The molecule has 2 amide bonds. The van der Waals surface area contributed by atoms with Gasteiger partial charge in [-0.2, -0.15) is 10.1 Å². The lowest BCUT2D eigenvalue weighted by atomic mass is 9.95. The average molecular weight is 318 g/mol. The number of likely N-dealkylation sites (tertiary alicyclic amines) is 1. The Balaban J connectivity index is 1.50. The predicted molar refractivity (Wildman–Crippen MR) is 82.5 cm³/mol. The summed E-state index contributed by atoms with van der Waals surface area (Å²) in [6.45, 7) is 3.81. The van der Waals surface area contributed by atoms with Crippen LogP contribution in [0.4, 0.5) is 4.79 Å². The summed E-state index contributed by atoms with van der Waals surface area (Å²) in [6.07, 6.45) is 6.50. The molecule has 23 heavy (non-hydrogen) atoms. The second-order valence-electron chi connectivity index (χ2n) is 6.07. The molecule has 8 heteroatoms. The summed E-state index contributed by atoms with van der Waals surface area (Å²) in [6, 6.07) is -0.0251. The zero-order chi connectivity index (χ0) is 16.2. The summed E-state index contributed by atoms with van der Waals surface area (Å²) in [7, 11) is 1.86. The van der Waals surface area contributed by atoms with Crippen LogP contribution in [0.2, 0.25) is 0 Å². The van der Waals surface area contributed by atoms with Crippen LogP contribution in [0.15, 0.2) is 16.9 Å². The highest BCUT2D eigenvalue weighted by Gasteiger charge is 2.25. The number of nitrogens with zero attached hydrogens (tertiary/aromatic N) is 5. The van der Waals surface area contributed by atoms with E-state index >= 15 is 0 Å². The molecule has 1 unspecified atom stereocenters. The topological polar surface area (TPSA) is 89.1 Å². The van der Waals surface area contributed by atoms with Gasteiger partial charge in [0.2, 0.25) is 5.89 Å². The number of rotatable bonds is 4. The van der Waals surface area contributed by atoms with Crippen LogP contribution in [0, 0.1) is 12.8 Å². The number of aryl methyl sites for hydroxylation is 2. The van der Waals surface area contributed by atoms with Crippen LogP contribution < -0.4 is 5.32 Å². The molecule has 0 aliphatic carbocycles. The van der Waals surface area contributed by atoms with Gasteiger partial charge in [0, 0.05) is 51.8 Å². The summed E-state index contributed by atoms with van der Waals surface area (Å²) in [5.74, 6) is 1.69. The van der Waals surface area contributed by atoms with Crippen molar-refractivity contribution in [3.8, 4) is 0 Å². The Morgan fingerprint density at radius 3 is 3.09 bits per heavy atom. The minimum atomic E-state index is -0.0251. The van der Waals surface area contributed by atoms with Gasteiger partial charge in [-0.1, -0.05) is 5.16 Å². The number of urea groups is 1. The molecule has 1 N–H and O–H groups in total. The predicted octanol–water partition coefficient (Wildman–Crippen LogP) is 1.28. The molecule has 124 valence electrons. The van der Waals surface area contributed by atoms with Gasteiger partial charge in [-0.05, 0) is 18.8 Å². The Labute approximate surface area is 134 Å².